The maximum atomic E-state index is 12.5. The first-order valence-corrected chi connectivity index (χ1v) is 12.2. The Morgan fingerprint density at radius 1 is 0.848 bits per heavy atom. The van der Waals surface area contributed by atoms with Crippen molar-refractivity contribution in [3.63, 3.8) is 0 Å². The van der Waals surface area contributed by atoms with E-state index in [4.69, 9.17) is 4.74 Å². The van der Waals surface area contributed by atoms with E-state index < -0.39 is 28.6 Å². The van der Waals surface area contributed by atoms with Gasteiger partial charge >= 0.3 is 6.09 Å². The van der Waals surface area contributed by atoms with E-state index in [1.54, 1.807) is 18.7 Å². The zero-order valence-corrected chi connectivity index (χ0v) is 20.5. The van der Waals surface area contributed by atoms with Crippen molar-refractivity contribution in [3.05, 3.63) is 108 Å². The molecule has 0 radical (unpaired) electrons. The van der Waals surface area contributed by atoms with Crippen LogP contribution in [-0.4, -0.2) is 34.7 Å². The Morgan fingerprint density at radius 3 is 1.58 bits per heavy atom. The summed E-state index contributed by atoms with van der Waals surface area (Å²) in [5.41, 5.74) is 2.79. The number of rotatable bonds is 8. The van der Waals surface area contributed by atoms with Crippen LogP contribution in [0.5, 0.6) is 0 Å². The standard InChI is InChI=1S/C28H33NO3S/c1-21(30)25(29-26(31)32-27(2,3)4)20-33-28(22-14-8-5-9-15-22,23-16-10-6-11-17-23)24-18-12-7-13-19-24/h5-19,21,25,30H,20H2,1-4H3,(H,29,31)/t21-,25-/m0/s1. The van der Waals surface area contributed by atoms with E-state index in [0.29, 0.717) is 5.75 Å². The third-order valence-corrected chi connectivity index (χ3v) is 6.97. The average Bonchev–Trinajstić information content (AvgIpc) is 2.79. The van der Waals surface area contributed by atoms with Gasteiger partial charge in [0.2, 0.25) is 0 Å². The number of carbonyl (C=O) groups is 1. The summed E-state index contributed by atoms with van der Waals surface area (Å²) < 4.78 is 4.91. The molecule has 5 heteroatoms. The van der Waals surface area contributed by atoms with Crippen molar-refractivity contribution in [2.24, 2.45) is 0 Å². The molecule has 0 aliphatic rings. The second-order valence-corrected chi connectivity index (χ2v) is 10.3. The highest BCUT2D eigenvalue weighted by Gasteiger charge is 2.38. The van der Waals surface area contributed by atoms with Crippen LogP contribution in [0.2, 0.25) is 0 Å². The largest absolute Gasteiger partial charge is 0.444 e. The van der Waals surface area contributed by atoms with Crippen LogP contribution in [0.15, 0.2) is 91.0 Å². The Bertz CT molecular complexity index is 905. The molecule has 3 aromatic rings. The van der Waals surface area contributed by atoms with Crippen LogP contribution in [-0.2, 0) is 9.48 Å². The van der Waals surface area contributed by atoms with Crippen LogP contribution < -0.4 is 5.32 Å². The Balaban J connectivity index is 2.02. The zero-order valence-electron chi connectivity index (χ0n) is 19.7. The lowest BCUT2D eigenvalue weighted by Gasteiger charge is -2.37. The predicted molar refractivity (Wildman–Crippen MR) is 137 cm³/mol. The number of thioether (sulfide) groups is 1. The van der Waals surface area contributed by atoms with Crippen molar-refractivity contribution < 1.29 is 14.6 Å². The molecule has 4 nitrogen and oxygen atoms in total. The average molecular weight is 464 g/mol. The fraction of sp³-hybridized carbons (Fsp3) is 0.321. The molecule has 0 spiro atoms. The molecule has 1 amide bonds. The molecule has 2 N–H and O–H groups in total. The molecule has 0 fully saturated rings. The lowest BCUT2D eigenvalue weighted by molar-refractivity contribution is 0.0452. The summed E-state index contributed by atoms with van der Waals surface area (Å²) in [6.07, 6.45) is -1.27. The smallest absolute Gasteiger partial charge is 0.407 e. The molecule has 33 heavy (non-hydrogen) atoms. The minimum absolute atomic E-state index is 0.482. The quantitative estimate of drug-likeness (QED) is 0.403. The van der Waals surface area contributed by atoms with Gasteiger partial charge in [-0.3, -0.25) is 0 Å². The highest BCUT2D eigenvalue weighted by Crippen LogP contribution is 2.48. The molecule has 0 unspecified atom stereocenters. The van der Waals surface area contributed by atoms with E-state index in [-0.39, 0.29) is 0 Å². The normalized spacial score (nSPS) is 13.7. The first kappa shape index (κ1) is 24.9. The summed E-state index contributed by atoms with van der Waals surface area (Å²) in [5.74, 6) is 0.482. The lowest BCUT2D eigenvalue weighted by Crippen LogP contribution is -2.46. The monoisotopic (exact) mass is 463 g/mol. The van der Waals surface area contributed by atoms with Crippen LogP contribution in [0.4, 0.5) is 4.79 Å². The highest BCUT2D eigenvalue weighted by atomic mass is 32.2. The van der Waals surface area contributed by atoms with Gasteiger partial charge in [-0.2, -0.15) is 0 Å². The summed E-state index contributed by atoms with van der Waals surface area (Å²) in [4.78, 5) is 12.5. The van der Waals surface area contributed by atoms with Gasteiger partial charge < -0.3 is 15.2 Å². The SMILES string of the molecule is C[C@H](O)[C@H](CSC(c1ccccc1)(c1ccccc1)c1ccccc1)NC(=O)OC(C)(C)C. The van der Waals surface area contributed by atoms with E-state index in [1.807, 2.05) is 75.4 Å². The van der Waals surface area contributed by atoms with E-state index in [9.17, 15) is 9.90 Å². The minimum Gasteiger partial charge on any atom is -0.444 e. The fourth-order valence-corrected chi connectivity index (χ4v) is 5.44. The van der Waals surface area contributed by atoms with Gasteiger partial charge in [-0.15, -0.1) is 11.8 Å². The summed E-state index contributed by atoms with van der Waals surface area (Å²) in [7, 11) is 0. The molecule has 3 aromatic carbocycles. The molecule has 0 heterocycles. The number of nitrogens with one attached hydrogen (secondary N) is 1. The van der Waals surface area contributed by atoms with Gasteiger partial charge in [-0.05, 0) is 44.4 Å². The summed E-state index contributed by atoms with van der Waals surface area (Å²) in [5, 5.41) is 13.4. The van der Waals surface area contributed by atoms with E-state index >= 15 is 0 Å². The molecule has 3 rings (SSSR count). The predicted octanol–water partition coefficient (Wildman–Crippen LogP) is 5.99. The lowest BCUT2D eigenvalue weighted by atomic mass is 9.84. The summed E-state index contributed by atoms with van der Waals surface area (Å²) in [6.45, 7) is 7.16. The minimum atomic E-state index is -0.745. The van der Waals surface area contributed by atoms with Gasteiger partial charge in [-0.1, -0.05) is 91.0 Å². The van der Waals surface area contributed by atoms with Crippen LogP contribution in [0.1, 0.15) is 44.4 Å². The molecule has 2 atom stereocenters. The molecule has 0 saturated carbocycles. The van der Waals surface area contributed by atoms with Crippen LogP contribution in [0.3, 0.4) is 0 Å². The number of ether oxygens (including phenoxy) is 1. The van der Waals surface area contributed by atoms with Crippen molar-refractivity contribution in [1.29, 1.82) is 0 Å². The number of alkyl carbamates (subject to hydrolysis) is 1. The van der Waals surface area contributed by atoms with E-state index in [1.165, 1.54) is 0 Å². The Kier molecular flexibility index (Phi) is 8.22. The highest BCUT2D eigenvalue weighted by molar-refractivity contribution is 8.00. The van der Waals surface area contributed by atoms with Crippen molar-refractivity contribution in [1.82, 2.24) is 5.32 Å². The Labute approximate surface area is 201 Å². The molecule has 0 aromatic heterocycles. The second kappa shape index (κ2) is 10.9. The zero-order chi connectivity index (χ0) is 23.9. The number of hydrogen-bond acceptors (Lipinski definition) is 4. The van der Waals surface area contributed by atoms with Crippen molar-refractivity contribution in [3.8, 4) is 0 Å². The maximum absolute atomic E-state index is 12.5. The molecular weight excluding hydrogens is 430 g/mol. The van der Waals surface area contributed by atoms with Gasteiger partial charge in [-0.25, -0.2) is 4.79 Å². The van der Waals surface area contributed by atoms with Crippen LogP contribution >= 0.6 is 11.8 Å². The fourth-order valence-electron chi connectivity index (χ4n) is 3.74. The molecule has 0 aliphatic heterocycles. The maximum Gasteiger partial charge on any atom is 0.407 e. The third-order valence-electron chi connectivity index (χ3n) is 5.30. The van der Waals surface area contributed by atoms with Gasteiger partial charge in [0.25, 0.3) is 0 Å². The van der Waals surface area contributed by atoms with E-state index in [2.05, 4.69) is 41.7 Å². The number of benzene rings is 3. The van der Waals surface area contributed by atoms with Crippen molar-refractivity contribution in [2.45, 2.75) is 50.2 Å². The van der Waals surface area contributed by atoms with Gasteiger partial charge in [0.05, 0.1) is 16.9 Å². The number of aliphatic hydroxyl groups is 1. The summed E-state index contributed by atoms with van der Waals surface area (Å²) in [6, 6.07) is 30.6. The first-order chi connectivity index (χ1) is 15.7. The van der Waals surface area contributed by atoms with E-state index in [0.717, 1.165) is 16.7 Å². The molecule has 0 aliphatic carbocycles. The van der Waals surface area contributed by atoms with Crippen LogP contribution in [0.25, 0.3) is 0 Å². The number of carbonyl (C=O) groups excluding carboxylic acids is 1. The number of hydrogen-bond donors (Lipinski definition) is 2. The van der Waals surface area contributed by atoms with Crippen LogP contribution in [0, 0.1) is 0 Å². The van der Waals surface area contributed by atoms with Gasteiger partial charge in [0.1, 0.15) is 5.60 Å². The van der Waals surface area contributed by atoms with Crippen molar-refractivity contribution >= 4 is 17.9 Å². The molecule has 174 valence electrons. The topological polar surface area (TPSA) is 58.6 Å². The molecule has 0 saturated heterocycles. The molecular formula is C28H33NO3S. The second-order valence-electron chi connectivity index (χ2n) is 9.08. The Hall–Kier alpha value is -2.76. The molecule has 0 bridgehead atoms. The first-order valence-electron chi connectivity index (χ1n) is 11.2. The number of aliphatic hydroxyl groups excluding tert-OH is 1. The van der Waals surface area contributed by atoms with Gasteiger partial charge in [0.15, 0.2) is 0 Å². The number of amides is 1. The Morgan fingerprint density at radius 2 is 1.24 bits per heavy atom. The van der Waals surface area contributed by atoms with Gasteiger partial charge in [0, 0.05) is 5.75 Å². The third kappa shape index (κ3) is 6.40. The summed E-state index contributed by atoms with van der Waals surface area (Å²) >= 11 is 1.69. The van der Waals surface area contributed by atoms with Crippen molar-refractivity contribution in [2.75, 3.05) is 5.75 Å².